The zero-order chi connectivity index (χ0) is 32.0. The molecule has 2 aromatic rings. The van der Waals surface area contributed by atoms with Gasteiger partial charge in [0.1, 0.15) is 24.6 Å². The van der Waals surface area contributed by atoms with E-state index in [2.05, 4.69) is 6.92 Å². The first-order valence-corrected chi connectivity index (χ1v) is 15.1. The molecule has 1 saturated carbocycles. The van der Waals surface area contributed by atoms with Gasteiger partial charge in [0, 0.05) is 32.7 Å². The third kappa shape index (κ3) is 9.43. The van der Waals surface area contributed by atoms with Crippen molar-refractivity contribution in [3.8, 4) is 5.75 Å². The van der Waals surface area contributed by atoms with E-state index in [1.165, 1.54) is 40.5 Å². The molecule has 2 aliphatic rings. The van der Waals surface area contributed by atoms with Crippen LogP contribution in [0.25, 0.3) is 0 Å². The molecule has 2 fully saturated rings. The highest BCUT2D eigenvalue weighted by Crippen LogP contribution is 2.39. The Labute approximate surface area is 262 Å². The van der Waals surface area contributed by atoms with Crippen LogP contribution in [0, 0.1) is 5.92 Å². The van der Waals surface area contributed by atoms with Gasteiger partial charge in [-0.05, 0) is 60.6 Å². The topological polar surface area (TPSA) is 124 Å². The first kappa shape index (κ1) is 33.3. The monoisotopic (exact) mass is 630 g/mol. The summed E-state index contributed by atoms with van der Waals surface area (Å²) in [5.74, 6) is -1.04. The van der Waals surface area contributed by atoms with Gasteiger partial charge in [-0.1, -0.05) is 48.7 Å². The molecular weight excluding hydrogens is 592 g/mol. The van der Waals surface area contributed by atoms with Gasteiger partial charge >= 0.3 is 23.9 Å². The van der Waals surface area contributed by atoms with Crippen molar-refractivity contribution >= 4 is 35.5 Å². The Hall–Kier alpha value is -3.63. The van der Waals surface area contributed by atoms with Crippen LogP contribution in [0.1, 0.15) is 76.7 Å². The number of hydrogen-bond acceptors (Lipinski definition) is 10. The van der Waals surface area contributed by atoms with Crippen LogP contribution in [-0.2, 0) is 49.3 Å². The fraction of sp³-hybridized carbons (Fsp3) is 0.515. The van der Waals surface area contributed by atoms with Crippen molar-refractivity contribution in [2.45, 2.75) is 96.9 Å². The standard InChI is InChI=1S/C33H39ClO10/c1-18(14-23-6-7-23)40-27-11-8-24(9-12-27)15-26-16-25(10-13-28(26)34)30-32(42-21(4)37)33(43-22(5)38)31(41-20(3)36)29(44-30)17-39-19(2)35/h8-13,16,18,23,29-33H,6-7,14-15,17H2,1-5H3/t18-,29+,30-,31+,32-,33-/m0/s1. The maximum atomic E-state index is 12.2. The quantitative estimate of drug-likeness (QED) is 0.225. The summed E-state index contributed by atoms with van der Waals surface area (Å²) in [5, 5.41) is 0.512. The maximum Gasteiger partial charge on any atom is 0.303 e. The molecule has 1 aliphatic carbocycles. The predicted octanol–water partition coefficient (Wildman–Crippen LogP) is 5.30. The molecule has 44 heavy (non-hydrogen) atoms. The molecule has 0 unspecified atom stereocenters. The molecule has 0 bridgehead atoms. The molecule has 2 aromatic carbocycles. The Balaban J connectivity index is 1.62. The summed E-state index contributed by atoms with van der Waals surface area (Å²) in [6.07, 6.45) is -1.45. The number of carbonyl (C=O) groups is 4. The predicted molar refractivity (Wildman–Crippen MR) is 159 cm³/mol. The summed E-state index contributed by atoms with van der Waals surface area (Å²) in [4.78, 5) is 48.1. The van der Waals surface area contributed by atoms with E-state index in [-0.39, 0.29) is 12.7 Å². The van der Waals surface area contributed by atoms with E-state index in [0.717, 1.165) is 29.2 Å². The van der Waals surface area contributed by atoms with E-state index in [1.807, 2.05) is 30.3 Å². The van der Waals surface area contributed by atoms with E-state index in [4.69, 9.17) is 40.0 Å². The van der Waals surface area contributed by atoms with Crippen LogP contribution in [0.2, 0.25) is 5.02 Å². The van der Waals surface area contributed by atoms with E-state index < -0.39 is 54.4 Å². The Morgan fingerprint density at radius 3 is 2.05 bits per heavy atom. The second-order valence-electron chi connectivity index (χ2n) is 11.4. The number of hydrogen-bond donors (Lipinski definition) is 0. The fourth-order valence-electron chi connectivity index (χ4n) is 5.41. The zero-order valence-electron chi connectivity index (χ0n) is 25.6. The van der Waals surface area contributed by atoms with Gasteiger partial charge < -0.3 is 28.4 Å². The highest BCUT2D eigenvalue weighted by molar-refractivity contribution is 6.31. The number of halogens is 1. The molecule has 10 nitrogen and oxygen atoms in total. The summed E-state index contributed by atoms with van der Waals surface area (Å²) in [6.45, 7) is 6.59. The number of benzene rings is 2. The molecule has 0 amide bonds. The van der Waals surface area contributed by atoms with Crippen molar-refractivity contribution in [1.82, 2.24) is 0 Å². The van der Waals surface area contributed by atoms with Crippen molar-refractivity contribution < 1.29 is 47.6 Å². The Kier molecular flexibility index (Phi) is 11.3. The minimum atomic E-state index is -1.26. The van der Waals surface area contributed by atoms with E-state index in [1.54, 1.807) is 12.1 Å². The molecule has 1 aliphatic heterocycles. The SMILES string of the molecule is CC(=O)OC[C@H]1O[C@@H](c2ccc(Cl)c(Cc3ccc(O[C@@H](C)CC4CC4)cc3)c2)[C@H](OC(C)=O)[C@@H](OC(C)=O)[C@@H]1OC(C)=O. The minimum absolute atomic E-state index is 0.154. The van der Waals surface area contributed by atoms with Crippen LogP contribution in [0.5, 0.6) is 5.75 Å². The molecule has 4 rings (SSSR count). The fourth-order valence-corrected chi connectivity index (χ4v) is 5.60. The first-order chi connectivity index (χ1) is 20.9. The second-order valence-corrected chi connectivity index (χ2v) is 11.8. The molecule has 11 heteroatoms. The highest BCUT2D eigenvalue weighted by Gasteiger charge is 2.52. The lowest BCUT2D eigenvalue weighted by Crippen LogP contribution is -2.59. The third-order valence-electron chi connectivity index (χ3n) is 7.41. The van der Waals surface area contributed by atoms with Crippen LogP contribution >= 0.6 is 11.6 Å². The molecular formula is C33H39ClO10. The lowest BCUT2D eigenvalue weighted by atomic mass is 9.89. The van der Waals surface area contributed by atoms with Crippen LogP contribution in [-0.4, -0.2) is 61.0 Å². The molecule has 238 valence electrons. The van der Waals surface area contributed by atoms with Gasteiger partial charge in [0.05, 0.1) is 6.10 Å². The largest absolute Gasteiger partial charge is 0.491 e. The maximum absolute atomic E-state index is 12.2. The molecule has 0 spiro atoms. The smallest absolute Gasteiger partial charge is 0.303 e. The normalized spacial score (nSPS) is 23.6. The van der Waals surface area contributed by atoms with Crippen molar-refractivity contribution in [2.75, 3.05) is 6.61 Å². The molecule has 1 saturated heterocycles. The van der Waals surface area contributed by atoms with Gasteiger partial charge in [0.25, 0.3) is 0 Å². The summed E-state index contributed by atoms with van der Waals surface area (Å²) >= 11 is 6.62. The van der Waals surface area contributed by atoms with Crippen LogP contribution < -0.4 is 4.74 Å². The van der Waals surface area contributed by atoms with Gasteiger partial charge in [-0.2, -0.15) is 0 Å². The average molecular weight is 631 g/mol. The second kappa shape index (κ2) is 14.9. The number of carbonyl (C=O) groups excluding carboxylic acids is 4. The van der Waals surface area contributed by atoms with Gasteiger partial charge in [0.2, 0.25) is 0 Å². The Morgan fingerprint density at radius 2 is 1.45 bits per heavy atom. The van der Waals surface area contributed by atoms with Crippen molar-refractivity contribution in [3.05, 3.63) is 64.2 Å². The van der Waals surface area contributed by atoms with E-state index >= 15 is 0 Å². The molecule has 6 atom stereocenters. The highest BCUT2D eigenvalue weighted by atomic mass is 35.5. The molecule has 0 N–H and O–H groups in total. The van der Waals surface area contributed by atoms with Crippen LogP contribution in [0.15, 0.2) is 42.5 Å². The lowest BCUT2D eigenvalue weighted by molar-refractivity contribution is -0.254. The Morgan fingerprint density at radius 1 is 0.841 bits per heavy atom. The Bertz CT molecular complexity index is 1340. The van der Waals surface area contributed by atoms with Crippen molar-refractivity contribution in [1.29, 1.82) is 0 Å². The summed E-state index contributed by atoms with van der Waals surface area (Å²) in [6, 6.07) is 13.1. The van der Waals surface area contributed by atoms with Gasteiger partial charge in [-0.3, -0.25) is 19.2 Å². The zero-order valence-corrected chi connectivity index (χ0v) is 26.3. The molecule has 0 radical (unpaired) electrons. The van der Waals surface area contributed by atoms with Crippen molar-refractivity contribution in [3.63, 3.8) is 0 Å². The number of esters is 4. The first-order valence-electron chi connectivity index (χ1n) is 14.7. The minimum Gasteiger partial charge on any atom is -0.491 e. The lowest BCUT2D eigenvalue weighted by Gasteiger charge is -2.44. The van der Waals surface area contributed by atoms with Crippen LogP contribution in [0.3, 0.4) is 0 Å². The van der Waals surface area contributed by atoms with Gasteiger partial charge in [-0.15, -0.1) is 0 Å². The van der Waals surface area contributed by atoms with Crippen LogP contribution in [0.4, 0.5) is 0 Å². The number of rotatable bonds is 12. The molecule has 0 aromatic heterocycles. The molecule has 1 heterocycles. The van der Waals surface area contributed by atoms with E-state index in [9.17, 15) is 19.2 Å². The van der Waals surface area contributed by atoms with Gasteiger partial charge in [0.15, 0.2) is 18.3 Å². The van der Waals surface area contributed by atoms with E-state index in [0.29, 0.717) is 17.0 Å². The average Bonchev–Trinajstić information content (AvgIpc) is 3.75. The van der Waals surface area contributed by atoms with Crippen molar-refractivity contribution in [2.24, 2.45) is 5.92 Å². The number of ether oxygens (including phenoxy) is 6. The summed E-state index contributed by atoms with van der Waals surface area (Å²) < 4.78 is 34.2. The third-order valence-corrected chi connectivity index (χ3v) is 7.78. The summed E-state index contributed by atoms with van der Waals surface area (Å²) in [7, 11) is 0. The van der Waals surface area contributed by atoms with Gasteiger partial charge in [-0.25, -0.2) is 0 Å². The summed E-state index contributed by atoms with van der Waals surface area (Å²) in [5.41, 5.74) is 2.33.